The van der Waals surface area contributed by atoms with Gasteiger partial charge in [-0.05, 0) is 57.4 Å². The van der Waals surface area contributed by atoms with E-state index in [4.69, 9.17) is 10.5 Å². The van der Waals surface area contributed by atoms with Gasteiger partial charge >= 0.3 is 6.09 Å². The lowest BCUT2D eigenvalue weighted by Crippen LogP contribution is -2.34. The van der Waals surface area contributed by atoms with Crippen LogP contribution in [0.5, 0.6) is 0 Å². The monoisotopic (exact) mass is 328 g/mol. The molecule has 0 saturated heterocycles. The van der Waals surface area contributed by atoms with Crippen LogP contribution in [0.2, 0.25) is 0 Å². The fourth-order valence-electron chi connectivity index (χ4n) is 2.04. The Balaban J connectivity index is 2.57. The molecule has 0 aromatic heterocycles. The number of nitrogens with one attached hydrogen (secondary N) is 1. The first-order valence-corrected chi connectivity index (χ1v) is 7.39. The highest BCUT2D eigenvalue weighted by Crippen LogP contribution is 2.26. The Morgan fingerprint density at radius 1 is 1.39 bits per heavy atom. The minimum Gasteiger partial charge on any atom is -0.444 e. The maximum Gasteiger partial charge on any atom is 0.407 e. The molecule has 0 aliphatic heterocycles. The first-order chi connectivity index (χ1) is 10.5. The third-order valence-electron chi connectivity index (χ3n) is 3.18. The van der Waals surface area contributed by atoms with Crippen molar-refractivity contribution in [3.05, 3.63) is 29.1 Å². The number of nitrogens with two attached hydrogens (primary N) is 1. The molecule has 1 amide bonds. The van der Waals surface area contributed by atoms with Crippen molar-refractivity contribution >= 4 is 11.8 Å². The zero-order chi connectivity index (χ0) is 17.8. The number of anilines is 1. The first-order valence-electron chi connectivity index (χ1n) is 7.39. The van der Waals surface area contributed by atoms with Crippen molar-refractivity contribution in [1.82, 2.24) is 5.32 Å². The molecule has 0 aliphatic carbocycles. The SMILES string of the molecule is Cc1cc(N)c(F)cc1C(O)C(O)CCNC(=O)OC(C)(C)C. The highest BCUT2D eigenvalue weighted by molar-refractivity contribution is 5.67. The zero-order valence-corrected chi connectivity index (χ0v) is 13.9. The van der Waals surface area contributed by atoms with Crippen molar-refractivity contribution in [3.63, 3.8) is 0 Å². The predicted octanol–water partition coefficient (Wildman–Crippen LogP) is 2.03. The number of amides is 1. The van der Waals surface area contributed by atoms with Gasteiger partial charge in [0.05, 0.1) is 11.8 Å². The van der Waals surface area contributed by atoms with E-state index < -0.39 is 29.7 Å². The number of aryl methyl sites for hydroxylation is 1. The summed E-state index contributed by atoms with van der Waals surface area (Å²) in [5.41, 5.74) is 5.67. The Morgan fingerprint density at radius 2 is 2.00 bits per heavy atom. The number of halogens is 1. The smallest absolute Gasteiger partial charge is 0.407 e. The van der Waals surface area contributed by atoms with Crippen LogP contribution in [-0.2, 0) is 4.74 Å². The van der Waals surface area contributed by atoms with Gasteiger partial charge in [0, 0.05) is 6.54 Å². The first kappa shape index (κ1) is 19.2. The van der Waals surface area contributed by atoms with Crippen molar-refractivity contribution in [2.75, 3.05) is 12.3 Å². The molecular formula is C16H25FN2O4. The maximum absolute atomic E-state index is 13.5. The molecule has 130 valence electrons. The number of alkyl carbamates (subject to hydrolysis) is 1. The number of ether oxygens (including phenoxy) is 1. The molecule has 7 heteroatoms. The number of carbonyl (C=O) groups is 1. The van der Waals surface area contributed by atoms with E-state index in [0.29, 0.717) is 5.56 Å². The van der Waals surface area contributed by atoms with Gasteiger partial charge in [0.2, 0.25) is 0 Å². The molecule has 5 N–H and O–H groups in total. The van der Waals surface area contributed by atoms with Gasteiger partial charge < -0.3 is 26.0 Å². The molecule has 0 fully saturated rings. The number of carbonyl (C=O) groups excluding carboxylic acids is 1. The van der Waals surface area contributed by atoms with Gasteiger partial charge in [0.25, 0.3) is 0 Å². The van der Waals surface area contributed by atoms with E-state index in [9.17, 15) is 19.4 Å². The lowest BCUT2D eigenvalue weighted by molar-refractivity contribution is 0.0118. The van der Waals surface area contributed by atoms with Crippen LogP contribution in [0.1, 0.15) is 44.4 Å². The normalized spacial score (nSPS) is 14.2. The second-order valence-electron chi connectivity index (χ2n) is 6.46. The van der Waals surface area contributed by atoms with E-state index in [1.165, 1.54) is 6.07 Å². The van der Waals surface area contributed by atoms with Gasteiger partial charge in [-0.3, -0.25) is 0 Å². The Hall–Kier alpha value is -1.86. The average Bonchev–Trinajstić information content (AvgIpc) is 2.40. The summed E-state index contributed by atoms with van der Waals surface area (Å²) in [4.78, 5) is 11.5. The third-order valence-corrected chi connectivity index (χ3v) is 3.18. The van der Waals surface area contributed by atoms with Crippen molar-refractivity contribution in [2.45, 2.75) is 51.9 Å². The highest BCUT2D eigenvalue weighted by Gasteiger charge is 2.22. The largest absolute Gasteiger partial charge is 0.444 e. The summed E-state index contributed by atoms with van der Waals surface area (Å²) in [7, 11) is 0. The van der Waals surface area contributed by atoms with E-state index in [-0.39, 0.29) is 24.2 Å². The molecule has 0 radical (unpaired) electrons. The Kier molecular flexibility index (Phi) is 6.35. The summed E-state index contributed by atoms with van der Waals surface area (Å²) in [6, 6.07) is 2.51. The van der Waals surface area contributed by atoms with Crippen molar-refractivity contribution in [1.29, 1.82) is 0 Å². The summed E-state index contributed by atoms with van der Waals surface area (Å²) < 4.78 is 18.6. The quantitative estimate of drug-likeness (QED) is 0.619. The van der Waals surface area contributed by atoms with E-state index in [0.717, 1.165) is 6.07 Å². The molecule has 0 heterocycles. The second kappa shape index (κ2) is 7.61. The summed E-state index contributed by atoms with van der Waals surface area (Å²) in [6.45, 7) is 7.00. The topological polar surface area (TPSA) is 105 Å². The van der Waals surface area contributed by atoms with E-state index in [1.807, 2.05) is 0 Å². The number of benzene rings is 1. The van der Waals surface area contributed by atoms with Crippen molar-refractivity contribution in [3.8, 4) is 0 Å². The van der Waals surface area contributed by atoms with E-state index in [2.05, 4.69) is 5.32 Å². The molecular weight excluding hydrogens is 303 g/mol. The molecule has 6 nitrogen and oxygen atoms in total. The Labute approximate surface area is 135 Å². The molecule has 2 unspecified atom stereocenters. The van der Waals surface area contributed by atoms with Crippen LogP contribution in [-0.4, -0.2) is 34.6 Å². The second-order valence-corrected chi connectivity index (χ2v) is 6.46. The van der Waals surface area contributed by atoms with Gasteiger partial charge in [-0.25, -0.2) is 9.18 Å². The number of rotatable bonds is 5. The lowest BCUT2D eigenvalue weighted by Gasteiger charge is -2.22. The third kappa shape index (κ3) is 6.03. The summed E-state index contributed by atoms with van der Waals surface area (Å²) >= 11 is 0. The summed E-state index contributed by atoms with van der Waals surface area (Å²) in [5, 5.41) is 22.6. The molecule has 23 heavy (non-hydrogen) atoms. The molecule has 1 aromatic rings. The predicted molar refractivity (Wildman–Crippen MR) is 85.4 cm³/mol. The number of nitrogen functional groups attached to an aromatic ring is 1. The van der Waals surface area contributed by atoms with Gasteiger partial charge in [-0.1, -0.05) is 0 Å². The van der Waals surface area contributed by atoms with E-state index >= 15 is 0 Å². The summed E-state index contributed by atoms with van der Waals surface area (Å²) in [6.07, 6.45) is -2.95. The van der Waals surface area contributed by atoms with Crippen LogP contribution in [0.3, 0.4) is 0 Å². The van der Waals surface area contributed by atoms with Crippen LogP contribution in [0.25, 0.3) is 0 Å². The van der Waals surface area contributed by atoms with Crippen LogP contribution in [0.4, 0.5) is 14.9 Å². The fourth-order valence-corrected chi connectivity index (χ4v) is 2.04. The highest BCUT2D eigenvalue weighted by atomic mass is 19.1. The zero-order valence-electron chi connectivity index (χ0n) is 13.9. The molecule has 1 rings (SSSR count). The van der Waals surface area contributed by atoms with Crippen molar-refractivity contribution in [2.24, 2.45) is 0 Å². The molecule has 0 bridgehead atoms. The van der Waals surface area contributed by atoms with Gasteiger partial charge in [-0.15, -0.1) is 0 Å². The minimum atomic E-state index is -1.27. The maximum atomic E-state index is 13.5. The van der Waals surface area contributed by atoms with Crippen LogP contribution < -0.4 is 11.1 Å². The van der Waals surface area contributed by atoms with Gasteiger partial charge in [0.1, 0.15) is 17.5 Å². The number of hydrogen-bond acceptors (Lipinski definition) is 5. The van der Waals surface area contributed by atoms with Gasteiger partial charge in [-0.2, -0.15) is 0 Å². The minimum absolute atomic E-state index is 0.0143. The van der Waals surface area contributed by atoms with Crippen LogP contribution >= 0.6 is 0 Å². The Bertz CT molecular complexity index is 558. The summed E-state index contributed by atoms with van der Waals surface area (Å²) in [5.74, 6) is -0.649. The van der Waals surface area contributed by atoms with Crippen LogP contribution in [0, 0.1) is 12.7 Å². The average molecular weight is 328 g/mol. The number of aliphatic hydroxyl groups excluding tert-OH is 2. The van der Waals surface area contributed by atoms with Crippen LogP contribution in [0.15, 0.2) is 12.1 Å². The molecule has 2 atom stereocenters. The number of hydrogen-bond donors (Lipinski definition) is 4. The molecule has 0 saturated carbocycles. The fraction of sp³-hybridized carbons (Fsp3) is 0.562. The van der Waals surface area contributed by atoms with Gasteiger partial charge in [0.15, 0.2) is 0 Å². The van der Waals surface area contributed by atoms with E-state index in [1.54, 1.807) is 27.7 Å². The molecule has 0 spiro atoms. The molecule has 1 aromatic carbocycles. The lowest BCUT2D eigenvalue weighted by atomic mass is 9.97. The number of aliphatic hydroxyl groups is 2. The standard InChI is InChI=1S/C16H25FN2O4/c1-9-7-12(18)11(17)8-10(9)14(21)13(20)5-6-19-15(22)23-16(2,3)4/h7-8,13-14,20-21H,5-6,18H2,1-4H3,(H,19,22). The van der Waals surface area contributed by atoms with Crippen molar-refractivity contribution < 1.29 is 24.1 Å². The Morgan fingerprint density at radius 3 is 2.57 bits per heavy atom. The molecule has 0 aliphatic rings.